The molecule has 4 nitrogen and oxygen atoms in total. The van der Waals surface area contributed by atoms with E-state index >= 15 is 0 Å². The Kier molecular flexibility index (Phi) is 7.03. The molecule has 0 aromatic heterocycles. The van der Waals surface area contributed by atoms with Crippen LogP contribution in [-0.4, -0.2) is 55.3 Å². The number of thioether (sulfide) groups is 1. The van der Waals surface area contributed by atoms with Crippen molar-refractivity contribution in [1.29, 1.82) is 0 Å². The Morgan fingerprint density at radius 1 is 1.38 bits per heavy atom. The highest BCUT2D eigenvalue weighted by Gasteiger charge is 2.15. The average molecular weight is 372 g/mol. The number of halogens is 1. The Morgan fingerprint density at radius 2 is 2.05 bits per heavy atom. The maximum atomic E-state index is 12.1. The first-order valence-corrected chi connectivity index (χ1v) is 8.95. The molecule has 1 atom stereocenters. The van der Waals surface area contributed by atoms with Crippen LogP contribution in [-0.2, 0) is 4.79 Å². The minimum Gasteiger partial charge on any atom is -0.354 e. The molecule has 0 spiro atoms. The van der Waals surface area contributed by atoms with Gasteiger partial charge in [0.05, 0.1) is 5.25 Å². The third kappa shape index (κ3) is 5.98. The molecule has 1 saturated heterocycles. The predicted octanol–water partition coefficient (Wildman–Crippen LogP) is 1.95. The molecule has 1 aliphatic heterocycles. The van der Waals surface area contributed by atoms with E-state index in [-0.39, 0.29) is 11.2 Å². The normalized spacial score (nSPS) is 17.4. The van der Waals surface area contributed by atoms with Crippen molar-refractivity contribution < 1.29 is 4.79 Å². The zero-order valence-electron chi connectivity index (χ0n) is 12.3. The summed E-state index contributed by atoms with van der Waals surface area (Å²) in [5, 5.41) is 6.28. The van der Waals surface area contributed by atoms with Crippen molar-refractivity contribution in [3.05, 3.63) is 28.7 Å². The highest BCUT2D eigenvalue weighted by atomic mass is 79.9. The fourth-order valence-electron chi connectivity index (χ4n) is 2.19. The first-order valence-electron chi connectivity index (χ1n) is 7.28. The molecule has 0 saturated carbocycles. The van der Waals surface area contributed by atoms with Crippen molar-refractivity contribution in [2.75, 3.05) is 39.3 Å². The maximum Gasteiger partial charge on any atom is 0.233 e. The van der Waals surface area contributed by atoms with E-state index in [1.807, 2.05) is 31.2 Å². The van der Waals surface area contributed by atoms with Crippen LogP contribution in [0.25, 0.3) is 0 Å². The SMILES string of the molecule is CC(Sc1ccc(Br)cc1)C(=O)NCCN1CCNCC1. The van der Waals surface area contributed by atoms with E-state index in [1.165, 1.54) is 0 Å². The number of nitrogens with zero attached hydrogens (tertiary/aromatic N) is 1. The monoisotopic (exact) mass is 371 g/mol. The molecule has 0 aliphatic carbocycles. The number of piperazine rings is 1. The Hall–Kier alpha value is -0.560. The molecule has 1 fully saturated rings. The van der Waals surface area contributed by atoms with Gasteiger partial charge in [-0.2, -0.15) is 0 Å². The second-order valence-electron chi connectivity index (χ2n) is 5.10. The minimum atomic E-state index is -0.0748. The van der Waals surface area contributed by atoms with Crippen LogP contribution in [0.1, 0.15) is 6.92 Å². The summed E-state index contributed by atoms with van der Waals surface area (Å²) < 4.78 is 1.06. The van der Waals surface area contributed by atoms with Gasteiger partial charge in [-0.15, -0.1) is 11.8 Å². The second kappa shape index (κ2) is 8.78. The summed E-state index contributed by atoms with van der Waals surface area (Å²) in [6.07, 6.45) is 0. The number of hydrogen-bond donors (Lipinski definition) is 2. The number of benzene rings is 1. The Balaban J connectivity index is 1.68. The molecule has 6 heteroatoms. The summed E-state index contributed by atoms with van der Waals surface area (Å²) in [5.41, 5.74) is 0. The van der Waals surface area contributed by atoms with Gasteiger partial charge in [-0.05, 0) is 31.2 Å². The van der Waals surface area contributed by atoms with E-state index in [0.717, 1.165) is 48.6 Å². The van der Waals surface area contributed by atoms with Gasteiger partial charge in [0, 0.05) is 48.6 Å². The van der Waals surface area contributed by atoms with Crippen LogP contribution in [0.4, 0.5) is 0 Å². The molecule has 0 radical (unpaired) electrons. The highest BCUT2D eigenvalue weighted by Crippen LogP contribution is 2.24. The van der Waals surface area contributed by atoms with Gasteiger partial charge in [-0.3, -0.25) is 9.69 Å². The lowest BCUT2D eigenvalue weighted by atomic mass is 10.3. The predicted molar refractivity (Wildman–Crippen MR) is 91.8 cm³/mol. The van der Waals surface area contributed by atoms with E-state index in [9.17, 15) is 4.79 Å². The van der Waals surface area contributed by atoms with Crippen LogP contribution in [0.2, 0.25) is 0 Å². The highest BCUT2D eigenvalue weighted by molar-refractivity contribution is 9.10. The zero-order chi connectivity index (χ0) is 15.1. The summed E-state index contributed by atoms with van der Waals surface area (Å²) in [4.78, 5) is 15.6. The molecular weight excluding hydrogens is 350 g/mol. The van der Waals surface area contributed by atoms with Gasteiger partial charge >= 0.3 is 0 Å². The van der Waals surface area contributed by atoms with Crippen molar-refractivity contribution >= 4 is 33.6 Å². The van der Waals surface area contributed by atoms with Gasteiger partial charge in [-0.1, -0.05) is 15.9 Å². The van der Waals surface area contributed by atoms with Crippen molar-refractivity contribution in [2.24, 2.45) is 0 Å². The fourth-order valence-corrected chi connectivity index (χ4v) is 3.34. The zero-order valence-corrected chi connectivity index (χ0v) is 14.7. The summed E-state index contributed by atoms with van der Waals surface area (Å²) in [6, 6.07) is 8.05. The molecule has 2 rings (SSSR count). The maximum absolute atomic E-state index is 12.1. The van der Waals surface area contributed by atoms with Gasteiger partial charge in [-0.25, -0.2) is 0 Å². The first-order chi connectivity index (χ1) is 10.1. The number of carbonyl (C=O) groups is 1. The number of nitrogens with one attached hydrogen (secondary N) is 2. The van der Waals surface area contributed by atoms with E-state index in [2.05, 4.69) is 31.5 Å². The first kappa shape index (κ1) is 16.8. The van der Waals surface area contributed by atoms with Crippen molar-refractivity contribution in [3.63, 3.8) is 0 Å². The van der Waals surface area contributed by atoms with E-state index in [4.69, 9.17) is 0 Å². The molecule has 21 heavy (non-hydrogen) atoms. The van der Waals surface area contributed by atoms with Crippen LogP contribution in [0.5, 0.6) is 0 Å². The number of hydrogen-bond acceptors (Lipinski definition) is 4. The van der Waals surface area contributed by atoms with Gasteiger partial charge in [0.15, 0.2) is 0 Å². The summed E-state index contributed by atoms with van der Waals surface area (Å²) in [7, 11) is 0. The Morgan fingerprint density at radius 3 is 2.71 bits per heavy atom. The minimum absolute atomic E-state index is 0.0748. The number of carbonyl (C=O) groups excluding carboxylic acids is 1. The van der Waals surface area contributed by atoms with E-state index in [1.54, 1.807) is 11.8 Å². The van der Waals surface area contributed by atoms with Crippen LogP contribution in [0, 0.1) is 0 Å². The summed E-state index contributed by atoms with van der Waals surface area (Å²) in [6.45, 7) is 7.84. The van der Waals surface area contributed by atoms with Crippen molar-refractivity contribution in [1.82, 2.24) is 15.5 Å². The fraction of sp³-hybridized carbons (Fsp3) is 0.533. The molecule has 0 bridgehead atoms. The lowest BCUT2D eigenvalue weighted by molar-refractivity contribution is -0.120. The van der Waals surface area contributed by atoms with Gasteiger partial charge < -0.3 is 10.6 Å². The largest absolute Gasteiger partial charge is 0.354 e. The Labute approximate surface area is 139 Å². The number of amides is 1. The molecule has 1 unspecified atom stereocenters. The van der Waals surface area contributed by atoms with E-state index < -0.39 is 0 Å². The van der Waals surface area contributed by atoms with Gasteiger partial charge in [0.2, 0.25) is 5.91 Å². The molecule has 1 aromatic carbocycles. The standard InChI is InChI=1S/C15H22BrN3OS/c1-12(21-14-4-2-13(16)3-5-14)15(20)18-8-11-19-9-6-17-7-10-19/h2-5,12,17H,6-11H2,1H3,(H,18,20). The van der Waals surface area contributed by atoms with Crippen molar-refractivity contribution in [2.45, 2.75) is 17.1 Å². The smallest absolute Gasteiger partial charge is 0.233 e. The van der Waals surface area contributed by atoms with Gasteiger partial charge in [0.1, 0.15) is 0 Å². The Bertz CT molecular complexity index is 449. The third-order valence-corrected chi connectivity index (χ3v) is 5.07. The quantitative estimate of drug-likeness (QED) is 0.750. The lowest BCUT2D eigenvalue weighted by Gasteiger charge is -2.27. The van der Waals surface area contributed by atoms with E-state index in [0.29, 0.717) is 0 Å². The average Bonchev–Trinajstić information content (AvgIpc) is 2.50. The molecular formula is C15H22BrN3OS. The lowest BCUT2D eigenvalue weighted by Crippen LogP contribution is -2.46. The van der Waals surface area contributed by atoms with Gasteiger partial charge in [0.25, 0.3) is 0 Å². The second-order valence-corrected chi connectivity index (χ2v) is 7.43. The molecule has 1 amide bonds. The molecule has 1 aromatic rings. The summed E-state index contributed by atoms with van der Waals surface area (Å²) in [5.74, 6) is 0.109. The van der Waals surface area contributed by atoms with Crippen LogP contribution in [0.15, 0.2) is 33.6 Å². The number of rotatable bonds is 6. The van der Waals surface area contributed by atoms with Crippen LogP contribution < -0.4 is 10.6 Å². The van der Waals surface area contributed by atoms with Crippen LogP contribution >= 0.6 is 27.7 Å². The molecule has 1 aliphatic rings. The molecule has 2 N–H and O–H groups in total. The van der Waals surface area contributed by atoms with Crippen molar-refractivity contribution in [3.8, 4) is 0 Å². The summed E-state index contributed by atoms with van der Waals surface area (Å²) >= 11 is 5.00. The topological polar surface area (TPSA) is 44.4 Å². The third-order valence-electron chi connectivity index (χ3n) is 3.43. The van der Waals surface area contributed by atoms with Crippen LogP contribution in [0.3, 0.4) is 0 Å². The molecule has 1 heterocycles. The molecule has 116 valence electrons.